The molecule has 0 bridgehead atoms. The summed E-state index contributed by atoms with van der Waals surface area (Å²) in [6.07, 6.45) is 7.80. The second-order valence-electron chi connectivity index (χ2n) is 6.83. The lowest BCUT2D eigenvalue weighted by molar-refractivity contribution is -0.127. The number of allylic oxidation sites excluding steroid dienone is 1. The molecule has 2 unspecified atom stereocenters. The van der Waals surface area contributed by atoms with Crippen molar-refractivity contribution in [2.75, 3.05) is 6.54 Å². The first-order valence-corrected chi connectivity index (χ1v) is 8.74. The summed E-state index contributed by atoms with van der Waals surface area (Å²) in [7, 11) is 0. The van der Waals surface area contributed by atoms with Gasteiger partial charge in [0.2, 0.25) is 5.91 Å². The van der Waals surface area contributed by atoms with Crippen LogP contribution in [0.1, 0.15) is 57.4 Å². The quantitative estimate of drug-likeness (QED) is 0.731. The van der Waals surface area contributed by atoms with E-state index < -0.39 is 0 Å². The van der Waals surface area contributed by atoms with Crippen LogP contribution in [-0.2, 0) is 4.79 Å². The molecule has 1 saturated heterocycles. The van der Waals surface area contributed by atoms with Gasteiger partial charge in [0, 0.05) is 24.6 Å². The van der Waals surface area contributed by atoms with Gasteiger partial charge in [-0.3, -0.25) is 4.79 Å². The van der Waals surface area contributed by atoms with E-state index in [2.05, 4.69) is 49.1 Å². The van der Waals surface area contributed by atoms with E-state index in [1.807, 2.05) is 6.08 Å². The predicted molar refractivity (Wildman–Crippen MR) is 90.7 cm³/mol. The summed E-state index contributed by atoms with van der Waals surface area (Å²) in [5, 5.41) is 0. The Hall–Kier alpha value is -1.57. The lowest BCUT2D eigenvalue weighted by Gasteiger charge is -2.31. The van der Waals surface area contributed by atoms with E-state index in [-0.39, 0.29) is 5.91 Å². The first-order chi connectivity index (χ1) is 10.7. The van der Waals surface area contributed by atoms with E-state index in [4.69, 9.17) is 0 Å². The van der Waals surface area contributed by atoms with E-state index in [0.29, 0.717) is 17.9 Å². The number of likely N-dealkylation sites (tertiary alicyclic amines) is 1. The first kappa shape index (κ1) is 15.3. The zero-order chi connectivity index (χ0) is 15.5. The molecule has 1 aliphatic heterocycles. The van der Waals surface area contributed by atoms with Crippen molar-refractivity contribution in [3.05, 3.63) is 47.5 Å². The van der Waals surface area contributed by atoms with E-state index in [0.717, 1.165) is 25.8 Å². The molecule has 1 heterocycles. The van der Waals surface area contributed by atoms with Crippen LogP contribution in [0.4, 0.5) is 0 Å². The standard InChI is InChI=1S/C20H27NO/c1-3-18(17-8-5-4-6-9-17)19-10-7-13-21(19)20(22)14-15(2)16-11-12-16/h4-6,8-9,14,16,18-19H,3,7,10-13H2,1-2H3. The zero-order valence-corrected chi connectivity index (χ0v) is 13.8. The predicted octanol–water partition coefficient (Wildman–Crippen LogP) is 4.53. The molecule has 2 aliphatic rings. The summed E-state index contributed by atoms with van der Waals surface area (Å²) in [5.41, 5.74) is 2.65. The highest BCUT2D eigenvalue weighted by atomic mass is 16.2. The number of carbonyl (C=O) groups excluding carboxylic acids is 1. The maximum absolute atomic E-state index is 12.7. The molecule has 2 atom stereocenters. The molecule has 1 amide bonds. The summed E-state index contributed by atoms with van der Waals surface area (Å²) in [6.45, 7) is 5.28. The highest BCUT2D eigenvalue weighted by Gasteiger charge is 2.34. The summed E-state index contributed by atoms with van der Waals surface area (Å²) in [6, 6.07) is 11.1. The molecular formula is C20H27NO. The first-order valence-electron chi connectivity index (χ1n) is 8.74. The van der Waals surface area contributed by atoms with E-state index in [9.17, 15) is 4.79 Å². The van der Waals surface area contributed by atoms with Crippen molar-refractivity contribution in [1.29, 1.82) is 0 Å². The molecule has 0 N–H and O–H groups in total. The average molecular weight is 297 g/mol. The highest BCUT2D eigenvalue weighted by Crippen LogP contribution is 2.37. The van der Waals surface area contributed by atoms with Gasteiger partial charge in [-0.05, 0) is 50.5 Å². The topological polar surface area (TPSA) is 20.3 Å². The molecule has 1 aliphatic carbocycles. The van der Waals surface area contributed by atoms with Gasteiger partial charge in [-0.15, -0.1) is 0 Å². The van der Waals surface area contributed by atoms with Crippen molar-refractivity contribution < 1.29 is 4.79 Å². The van der Waals surface area contributed by atoms with Crippen LogP contribution in [0.3, 0.4) is 0 Å². The van der Waals surface area contributed by atoms with Gasteiger partial charge >= 0.3 is 0 Å². The third kappa shape index (κ3) is 3.26. The number of hydrogen-bond acceptors (Lipinski definition) is 1. The van der Waals surface area contributed by atoms with Crippen LogP contribution in [0.15, 0.2) is 42.0 Å². The lowest BCUT2D eigenvalue weighted by Crippen LogP contribution is -2.38. The van der Waals surface area contributed by atoms with Crippen LogP contribution >= 0.6 is 0 Å². The van der Waals surface area contributed by atoms with Gasteiger partial charge in [0.15, 0.2) is 0 Å². The molecule has 118 valence electrons. The van der Waals surface area contributed by atoms with E-state index in [1.54, 1.807) is 0 Å². The Balaban J connectivity index is 1.76. The number of carbonyl (C=O) groups is 1. The number of amides is 1. The van der Waals surface area contributed by atoms with Gasteiger partial charge in [-0.1, -0.05) is 42.8 Å². The van der Waals surface area contributed by atoms with Crippen LogP contribution in [0.2, 0.25) is 0 Å². The lowest BCUT2D eigenvalue weighted by atomic mass is 9.87. The Morgan fingerprint density at radius 2 is 2.00 bits per heavy atom. The highest BCUT2D eigenvalue weighted by molar-refractivity contribution is 5.89. The Kier molecular flexibility index (Phi) is 4.66. The summed E-state index contributed by atoms with van der Waals surface area (Å²) in [5.74, 6) is 1.38. The molecular weight excluding hydrogens is 270 g/mol. The SMILES string of the molecule is CCC(c1ccccc1)C1CCCN1C(=O)C=C(C)C1CC1. The monoisotopic (exact) mass is 297 g/mol. The van der Waals surface area contributed by atoms with Gasteiger partial charge in [0.25, 0.3) is 0 Å². The molecule has 2 fully saturated rings. The fraction of sp³-hybridized carbons (Fsp3) is 0.550. The van der Waals surface area contributed by atoms with Crippen molar-refractivity contribution >= 4 is 5.91 Å². The Morgan fingerprint density at radius 3 is 2.64 bits per heavy atom. The Morgan fingerprint density at radius 1 is 1.27 bits per heavy atom. The minimum absolute atomic E-state index is 0.237. The molecule has 0 aromatic heterocycles. The average Bonchev–Trinajstić information content (AvgIpc) is 3.28. The summed E-state index contributed by atoms with van der Waals surface area (Å²) >= 11 is 0. The maximum Gasteiger partial charge on any atom is 0.246 e. The molecule has 1 saturated carbocycles. The third-order valence-corrected chi connectivity index (χ3v) is 5.29. The fourth-order valence-corrected chi connectivity index (χ4v) is 3.85. The summed E-state index contributed by atoms with van der Waals surface area (Å²) in [4.78, 5) is 14.8. The minimum atomic E-state index is 0.237. The van der Waals surface area contributed by atoms with Gasteiger partial charge in [-0.25, -0.2) is 0 Å². The van der Waals surface area contributed by atoms with Crippen molar-refractivity contribution in [3.63, 3.8) is 0 Å². The second kappa shape index (κ2) is 6.68. The van der Waals surface area contributed by atoms with Gasteiger partial charge in [0.05, 0.1) is 0 Å². The molecule has 2 heteroatoms. The van der Waals surface area contributed by atoms with Crippen molar-refractivity contribution in [3.8, 4) is 0 Å². The van der Waals surface area contributed by atoms with Crippen LogP contribution in [0, 0.1) is 5.92 Å². The van der Waals surface area contributed by atoms with Crippen LogP contribution in [0.25, 0.3) is 0 Å². The molecule has 22 heavy (non-hydrogen) atoms. The van der Waals surface area contributed by atoms with Crippen molar-refractivity contribution in [1.82, 2.24) is 4.90 Å². The molecule has 1 aromatic carbocycles. The van der Waals surface area contributed by atoms with Crippen LogP contribution in [-0.4, -0.2) is 23.4 Å². The van der Waals surface area contributed by atoms with Crippen molar-refractivity contribution in [2.24, 2.45) is 5.92 Å². The number of rotatable bonds is 5. The van der Waals surface area contributed by atoms with E-state index >= 15 is 0 Å². The van der Waals surface area contributed by atoms with Gasteiger partial charge < -0.3 is 4.90 Å². The third-order valence-electron chi connectivity index (χ3n) is 5.29. The Labute approximate surface area is 134 Å². The largest absolute Gasteiger partial charge is 0.336 e. The van der Waals surface area contributed by atoms with Gasteiger partial charge in [0.1, 0.15) is 0 Å². The minimum Gasteiger partial charge on any atom is -0.336 e. The molecule has 2 nitrogen and oxygen atoms in total. The van der Waals surface area contributed by atoms with E-state index in [1.165, 1.54) is 24.0 Å². The smallest absolute Gasteiger partial charge is 0.246 e. The zero-order valence-electron chi connectivity index (χ0n) is 13.8. The molecule has 0 radical (unpaired) electrons. The molecule has 1 aromatic rings. The van der Waals surface area contributed by atoms with Crippen LogP contribution < -0.4 is 0 Å². The summed E-state index contributed by atoms with van der Waals surface area (Å²) < 4.78 is 0. The van der Waals surface area contributed by atoms with Gasteiger partial charge in [-0.2, -0.15) is 0 Å². The second-order valence-corrected chi connectivity index (χ2v) is 6.83. The number of nitrogens with zero attached hydrogens (tertiary/aromatic N) is 1. The Bertz CT molecular complexity index is 544. The normalized spacial score (nSPS) is 23.6. The van der Waals surface area contributed by atoms with Crippen LogP contribution in [0.5, 0.6) is 0 Å². The molecule has 0 spiro atoms. The number of benzene rings is 1. The number of hydrogen-bond donors (Lipinski definition) is 0. The van der Waals surface area contributed by atoms with Crippen molar-refractivity contribution in [2.45, 2.75) is 57.9 Å². The maximum atomic E-state index is 12.7. The molecule has 3 rings (SSSR count). The fourth-order valence-electron chi connectivity index (χ4n) is 3.85.